The molecule has 2 N–H and O–H groups in total. The number of hydrogen-bond acceptors (Lipinski definition) is 5. The monoisotopic (exact) mass is 280 g/mol. The molecule has 1 aliphatic rings. The van der Waals surface area contributed by atoms with Crippen molar-refractivity contribution in [1.29, 1.82) is 5.26 Å². The summed E-state index contributed by atoms with van der Waals surface area (Å²) in [6.07, 6.45) is 2.71. The summed E-state index contributed by atoms with van der Waals surface area (Å²) in [6, 6.07) is 4.66. The number of nitrogens with one attached hydrogen (secondary N) is 2. The topological polar surface area (TPSA) is 94.9 Å². The molecule has 0 aliphatic carbocycles. The Bertz CT molecular complexity index is 583. The Kier molecular flexibility index (Phi) is 3.85. The smallest absolute Gasteiger partial charge is 0.242 e. The van der Waals surface area contributed by atoms with E-state index in [1.165, 1.54) is 18.3 Å². The largest absolute Gasteiger partial charge is 0.317 e. The number of piperidine rings is 1. The first-order chi connectivity index (χ1) is 8.95. The van der Waals surface area contributed by atoms with Crippen molar-refractivity contribution in [2.45, 2.75) is 30.2 Å². The maximum atomic E-state index is 12.3. The van der Waals surface area contributed by atoms with Gasteiger partial charge in [0.1, 0.15) is 16.7 Å². The fraction of sp³-hybridized carbons (Fsp3) is 0.500. The predicted molar refractivity (Wildman–Crippen MR) is 69.8 cm³/mol. The zero-order valence-electron chi connectivity index (χ0n) is 10.7. The third kappa shape index (κ3) is 3.29. The lowest BCUT2D eigenvalue weighted by molar-refractivity contribution is 0.308. The van der Waals surface area contributed by atoms with Crippen LogP contribution >= 0.6 is 0 Å². The standard InChI is InChI=1S/C12H16N4O2S/c1-12(4-6-14-7-5-12)16-19(17,18)11-3-2-10(8-13)15-9-11/h2-3,9,14,16H,4-7H2,1H3. The van der Waals surface area contributed by atoms with Crippen LogP contribution in [0.5, 0.6) is 0 Å². The third-order valence-electron chi connectivity index (χ3n) is 3.25. The Morgan fingerprint density at radius 3 is 2.63 bits per heavy atom. The fourth-order valence-corrected chi connectivity index (χ4v) is 3.48. The molecular formula is C12H16N4O2S. The molecule has 0 bridgehead atoms. The number of sulfonamides is 1. The van der Waals surface area contributed by atoms with Gasteiger partial charge in [-0.1, -0.05) is 0 Å². The molecule has 0 saturated carbocycles. The molecule has 1 saturated heterocycles. The highest BCUT2D eigenvalue weighted by atomic mass is 32.2. The van der Waals surface area contributed by atoms with Crippen molar-refractivity contribution in [3.63, 3.8) is 0 Å². The SMILES string of the molecule is CC1(NS(=O)(=O)c2ccc(C#N)nc2)CCNCC1. The van der Waals surface area contributed by atoms with E-state index in [2.05, 4.69) is 15.0 Å². The minimum absolute atomic E-state index is 0.0891. The lowest BCUT2D eigenvalue weighted by Crippen LogP contribution is -2.52. The summed E-state index contributed by atoms with van der Waals surface area (Å²) < 4.78 is 27.2. The fourth-order valence-electron chi connectivity index (χ4n) is 2.07. The minimum atomic E-state index is -3.59. The number of nitriles is 1. The molecule has 2 rings (SSSR count). The molecule has 7 heteroatoms. The third-order valence-corrected chi connectivity index (χ3v) is 4.87. The molecule has 1 aromatic heterocycles. The maximum Gasteiger partial charge on any atom is 0.242 e. The van der Waals surface area contributed by atoms with E-state index in [-0.39, 0.29) is 10.6 Å². The Morgan fingerprint density at radius 2 is 2.11 bits per heavy atom. The van der Waals surface area contributed by atoms with E-state index in [0.29, 0.717) is 0 Å². The Morgan fingerprint density at radius 1 is 1.42 bits per heavy atom. The Balaban J connectivity index is 2.19. The first kappa shape index (κ1) is 13.9. The highest BCUT2D eigenvalue weighted by molar-refractivity contribution is 7.89. The first-order valence-electron chi connectivity index (χ1n) is 6.06. The molecule has 1 aliphatic heterocycles. The van der Waals surface area contributed by atoms with Crippen LogP contribution in [-0.4, -0.2) is 32.0 Å². The highest BCUT2D eigenvalue weighted by Crippen LogP contribution is 2.20. The van der Waals surface area contributed by atoms with Crippen molar-refractivity contribution in [1.82, 2.24) is 15.0 Å². The van der Waals surface area contributed by atoms with Crippen LogP contribution in [0.25, 0.3) is 0 Å². The number of rotatable bonds is 3. The summed E-state index contributed by atoms with van der Waals surface area (Å²) >= 11 is 0. The van der Waals surface area contributed by atoms with Crippen LogP contribution in [0.2, 0.25) is 0 Å². The lowest BCUT2D eigenvalue weighted by Gasteiger charge is -2.34. The summed E-state index contributed by atoms with van der Waals surface area (Å²) in [5.74, 6) is 0. The van der Waals surface area contributed by atoms with E-state index in [9.17, 15) is 8.42 Å². The number of nitrogens with zero attached hydrogens (tertiary/aromatic N) is 2. The summed E-state index contributed by atoms with van der Waals surface area (Å²) in [7, 11) is -3.59. The van der Waals surface area contributed by atoms with Crippen LogP contribution in [0.4, 0.5) is 0 Å². The quantitative estimate of drug-likeness (QED) is 0.834. The van der Waals surface area contributed by atoms with E-state index < -0.39 is 15.6 Å². The van der Waals surface area contributed by atoms with Gasteiger partial charge in [-0.05, 0) is 45.0 Å². The summed E-state index contributed by atoms with van der Waals surface area (Å²) in [5, 5.41) is 11.8. The Hall–Kier alpha value is -1.49. The molecule has 6 nitrogen and oxygen atoms in total. The van der Waals surface area contributed by atoms with E-state index in [4.69, 9.17) is 5.26 Å². The summed E-state index contributed by atoms with van der Waals surface area (Å²) in [5.41, 5.74) is -0.232. The molecule has 0 unspecified atom stereocenters. The second-order valence-corrected chi connectivity index (χ2v) is 6.59. The van der Waals surface area contributed by atoms with E-state index in [1.54, 1.807) is 0 Å². The summed E-state index contributed by atoms with van der Waals surface area (Å²) in [4.78, 5) is 3.88. The number of aromatic nitrogens is 1. The van der Waals surface area contributed by atoms with Gasteiger partial charge in [-0.25, -0.2) is 18.1 Å². The predicted octanol–water partition coefficient (Wildman–Crippen LogP) is 0.374. The second-order valence-electron chi connectivity index (χ2n) is 4.91. The zero-order valence-corrected chi connectivity index (χ0v) is 11.5. The average molecular weight is 280 g/mol. The van der Waals surface area contributed by atoms with Gasteiger partial charge in [0, 0.05) is 11.7 Å². The van der Waals surface area contributed by atoms with Crippen molar-refractivity contribution >= 4 is 10.0 Å². The first-order valence-corrected chi connectivity index (χ1v) is 7.54. The normalized spacial score (nSPS) is 18.7. The summed E-state index contributed by atoms with van der Waals surface area (Å²) in [6.45, 7) is 3.50. The van der Waals surface area contributed by atoms with E-state index >= 15 is 0 Å². The molecule has 0 spiro atoms. The van der Waals surface area contributed by atoms with Crippen LogP contribution in [0.1, 0.15) is 25.5 Å². The van der Waals surface area contributed by atoms with Crippen molar-refractivity contribution in [3.05, 3.63) is 24.0 Å². The zero-order chi connectivity index (χ0) is 13.9. The molecule has 0 aromatic carbocycles. The van der Waals surface area contributed by atoms with Crippen LogP contribution in [0.15, 0.2) is 23.2 Å². The highest BCUT2D eigenvalue weighted by Gasteiger charge is 2.32. The molecule has 0 radical (unpaired) electrons. The van der Waals surface area contributed by atoms with E-state index in [0.717, 1.165) is 25.9 Å². The second kappa shape index (κ2) is 5.25. The van der Waals surface area contributed by atoms with Gasteiger partial charge in [-0.3, -0.25) is 0 Å². The lowest BCUT2D eigenvalue weighted by atomic mass is 9.92. The molecule has 0 amide bonds. The Labute approximate surface area is 112 Å². The maximum absolute atomic E-state index is 12.3. The van der Waals surface area contributed by atoms with Crippen molar-refractivity contribution in [3.8, 4) is 6.07 Å². The average Bonchev–Trinajstić information content (AvgIpc) is 2.38. The molecule has 1 fully saturated rings. The van der Waals surface area contributed by atoms with Crippen molar-refractivity contribution in [2.75, 3.05) is 13.1 Å². The van der Waals surface area contributed by atoms with Gasteiger partial charge < -0.3 is 5.32 Å². The van der Waals surface area contributed by atoms with Crippen LogP contribution < -0.4 is 10.0 Å². The van der Waals surface area contributed by atoms with Crippen LogP contribution in [-0.2, 0) is 10.0 Å². The van der Waals surface area contributed by atoms with E-state index in [1.807, 2.05) is 13.0 Å². The van der Waals surface area contributed by atoms with Gasteiger partial charge in [0.2, 0.25) is 10.0 Å². The molecule has 102 valence electrons. The van der Waals surface area contributed by atoms with Gasteiger partial charge in [0.05, 0.1) is 0 Å². The molecule has 0 atom stereocenters. The number of hydrogen-bond donors (Lipinski definition) is 2. The van der Waals surface area contributed by atoms with Gasteiger partial charge in [0.25, 0.3) is 0 Å². The van der Waals surface area contributed by atoms with Gasteiger partial charge in [-0.15, -0.1) is 0 Å². The van der Waals surface area contributed by atoms with Gasteiger partial charge >= 0.3 is 0 Å². The van der Waals surface area contributed by atoms with Gasteiger partial charge in [0.15, 0.2) is 0 Å². The van der Waals surface area contributed by atoms with Crippen LogP contribution in [0.3, 0.4) is 0 Å². The number of pyridine rings is 1. The van der Waals surface area contributed by atoms with Crippen molar-refractivity contribution < 1.29 is 8.42 Å². The minimum Gasteiger partial charge on any atom is -0.317 e. The molecular weight excluding hydrogens is 264 g/mol. The van der Waals surface area contributed by atoms with Crippen molar-refractivity contribution in [2.24, 2.45) is 0 Å². The van der Waals surface area contributed by atoms with Gasteiger partial charge in [-0.2, -0.15) is 5.26 Å². The molecule has 19 heavy (non-hydrogen) atoms. The molecule has 1 aromatic rings. The van der Waals surface area contributed by atoms with Crippen LogP contribution in [0, 0.1) is 11.3 Å². The molecule has 2 heterocycles.